The number of aliphatic hydroxyl groups excluding tert-OH is 1. The summed E-state index contributed by atoms with van der Waals surface area (Å²) in [5.41, 5.74) is 3.94. The SMILES string of the molecule is Cn1cc(-c2ccnc(N3CCn4c5c(c(F)c4C3=O)CCCC5)c2CO)cc(NC(=N)/C=C2/CN(C3COC3)CCN2)c1=O. The zero-order valence-corrected chi connectivity index (χ0v) is 25.2. The van der Waals surface area contributed by atoms with E-state index in [1.165, 1.54) is 9.47 Å². The van der Waals surface area contributed by atoms with Gasteiger partial charge in [0.15, 0.2) is 5.82 Å². The molecule has 1 amide bonds. The summed E-state index contributed by atoms with van der Waals surface area (Å²) in [5, 5.41) is 25.4. The van der Waals surface area contributed by atoms with Gasteiger partial charge in [0, 0.05) is 86.3 Å². The van der Waals surface area contributed by atoms with Crippen molar-refractivity contribution in [1.82, 2.24) is 24.3 Å². The number of carbonyl (C=O) groups excluding carboxylic acids is 1. The molecule has 2 saturated heterocycles. The number of anilines is 2. The fourth-order valence-corrected chi connectivity index (χ4v) is 6.91. The highest BCUT2D eigenvalue weighted by Gasteiger charge is 2.36. The number of ether oxygens (including phenoxy) is 1. The smallest absolute Gasteiger partial charge is 0.279 e. The van der Waals surface area contributed by atoms with Gasteiger partial charge in [0.25, 0.3) is 11.5 Å². The zero-order chi connectivity index (χ0) is 31.2. The molecule has 45 heavy (non-hydrogen) atoms. The highest BCUT2D eigenvalue weighted by molar-refractivity contribution is 6.06. The third-order valence-corrected chi connectivity index (χ3v) is 9.29. The second-order valence-corrected chi connectivity index (χ2v) is 12.1. The molecule has 3 aliphatic heterocycles. The minimum atomic E-state index is -0.475. The average molecular weight is 617 g/mol. The van der Waals surface area contributed by atoms with E-state index in [1.807, 2.05) is 4.57 Å². The lowest BCUT2D eigenvalue weighted by molar-refractivity contribution is -0.0644. The van der Waals surface area contributed by atoms with Gasteiger partial charge in [0.05, 0.1) is 25.9 Å². The molecule has 0 saturated carbocycles. The van der Waals surface area contributed by atoms with Crippen LogP contribution in [0.4, 0.5) is 15.9 Å². The molecule has 0 unspecified atom stereocenters. The van der Waals surface area contributed by atoms with Crippen molar-refractivity contribution in [1.29, 1.82) is 5.41 Å². The topological polar surface area (TPSA) is 141 Å². The molecule has 0 radical (unpaired) electrons. The molecule has 2 fully saturated rings. The number of nitrogens with one attached hydrogen (secondary N) is 3. The van der Waals surface area contributed by atoms with E-state index in [4.69, 9.17) is 10.1 Å². The molecule has 0 bridgehead atoms. The third kappa shape index (κ3) is 5.24. The maximum atomic E-state index is 15.5. The molecule has 3 aromatic rings. The van der Waals surface area contributed by atoms with Crippen LogP contribution in [0.3, 0.4) is 0 Å². The molecule has 4 N–H and O–H groups in total. The predicted octanol–water partition coefficient (Wildman–Crippen LogP) is 2.00. The summed E-state index contributed by atoms with van der Waals surface area (Å²) in [6.45, 7) is 4.08. The largest absolute Gasteiger partial charge is 0.392 e. The molecule has 0 atom stereocenters. The van der Waals surface area contributed by atoms with Gasteiger partial charge in [-0.15, -0.1) is 0 Å². The Kier molecular flexibility index (Phi) is 7.76. The number of carbonyl (C=O) groups is 1. The van der Waals surface area contributed by atoms with Gasteiger partial charge in [-0.05, 0) is 43.4 Å². The lowest BCUT2D eigenvalue weighted by Crippen LogP contribution is -2.55. The number of piperazine rings is 1. The fourth-order valence-electron chi connectivity index (χ4n) is 6.91. The monoisotopic (exact) mass is 616 g/mol. The number of hydrogen-bond donors (Lipinski definition) is 4. The predicted molar refractivity (Wildman–Crippen MR) is 167 cm³/mol. The molecule has 12 nitrogen and oxygen atoms in total. The van der Waals surface area contributed by atoms with E-state index in [9.17, 15) is 14.7 Å². The molecule has 4 aliphatic rings. The Balaban J connectivity index is 1.17. The number of halogens is 1. The van der Waals surface area contributed by atoms with Gasteiger partial charge >= 0.3 is 0 Å². The van der Waals surface area contributed by atoms with Crippen LogP contribution in [0, 0.1) is 11.2 Å². The number of aromatic nitrogens is 3. The molecule has 7 rings (SSSR count). The Bertz CT molecular complexity index is 1780. The van der Waals surface area contributed by atoms with E-state index in [0.29, 0.717) is 54.4 Å². The zero-order valence-electron chi connectivity index (χ0n) is 25.2. The second kappa shape index (κ2) is 11.9. The third-order valence-electron chi connectivity index (χ3n) is 9.29. The van der Waals surface area contributed by atoms with E-state index in [0.717, 1.165) is 57.0 Å². The van der Waals surface area contributed by atoms with Crippen LogP contribution in [0.15, 0.2) is 41.1 Å². The summed E-state index contributed by atoms with van der Waals surface area (Å²) >= 11 is 0. The van der Waals surface area contributed by atoms with E-state index >= 15 is 4.39 Å². The van der Waals surface area contributed by atoms with Crippen LogP contribution in [-0.2, 0) is 37.8 Å². The minimum absolute atomic E-state index is 0.0575. The van der Waals surface area contributed by atoms with Crippen LogP contribution in [0.25, 0.3) is 11.1 Å². The maximum absolute atomic E-state index is 15.5. The van der Waals surface area contributed by atoms with Crippen LogP contribution < -0.4 is 21.1 Å². The van der Waals surface area contributed by atoms with Gasteiger partial charge in [-0.1, -0.05) is 0 Å². The number of amidine groups is 1. The normalized spacial score (nSPS) is 19.6. The summed E-state index contributed by atoms with van der Waals surface area (Å²) in [6.07, 6.45) is 8.16. The van der Waals surface area contributed by atoms with Crippen LogP contribution in [0.1, 0.15) is 40.2 Å². The number of fused-ring (bicyclic) bond motifs is 3. The summed E-state index contributed by atoms with van der Waals surface area (Å²) in [4.78, 5) is 35.1. The Labute approximate surface area is 259 Å². The van der Waals surface area contributed by atoms with Crippen molar-refractivity contribution in [2.75, 3.05) is 49.6 Å². The van der Waals surface area contributed by atoms with Gasteiger partial charge in [-0.2, -0.15) is 0 Å². The Hall–Kier alpha value is -4.33. The van der Waals surface area contributed by atoms with Crippen molar-refractivity contribution in [2.45, 2.75) is 44.9 Å². The lowest BCUT2D eigenvalue weighted by atomic mass is 9.97. The van der Waals surface area contributed by atoms with Gasteiger partial charge in [-0.3, -0.25) is 24.8 Å². The van der Waals surface area contributed by atoms with Crippen LogP contribution in [0.2, 0.25) is 0 Å². The van der Waals surface area contributed by atoms with Crippen LogP contribution in [-0.4, -0.2) is 81.3 Å². The maximum Gasteiger partial charge on any atom is 0.279 e. The van der Waals surface area contributed by atoms with E-state index in [1.54, 1.807) is 37.7 Å². The first-order valence-electron chi connectivity index (χ1n) is 15.5. The molecule has 3 aromatic heterocycles. The Morgan fingerprint density at radius 1 is 1.24 bits per heavy atom. The first-order valence-corrected chi connectivity index (χ1v) is 15.5. The highest BCUT2D eigenvalue weighted by atomic mass is 19.1. The van der Waals surface area contributed by atoms with Gasteiger partial charge in [-0.25, -0.2) is 9.37 Å². The summed E-state index contributed by atoms with van der Waals surface area (Å²) in [6, 6.07) is 3.74. The summed E-state index contributed by atoms with van der Waals surface area (Å²) in [7, 11) is 1.62. The van der Waals surface area contributed by atoms with Crippen LogP contribution in [0.5, 0.6) is 0 Å². The number of amides is 1. The first kappa shape index (κ1) is 29.4. The fraction of sp³-hybridized carbons (Fsp3) is 0.438. The molecule has 13 heteroatoms. The van der Waals surface area contributed by atoms with Gasteiger partial charge in [0.2, 0.25) is 0 Å². The highest BCUT2D eigenvalue weighted by Crippen LogP contribution is 2.36. The standard InChI is InChI=1S/C32H37FN8O4/c1-38-14-19(12-25(31(38)43)37-27(34)13-20-15-39(9-8-35-20)21-17-45-18-21)22-6-7-36-30(24(22)16-42)41-11-10-40-26-5-3-2-4-23(26)28(33)29(40)32(41)44/h6-7,12-14,21,35,42H,2-5,8-11,15-18H2,1H3,(H2,34,37)/b20-13-. The summed E-state index contributed by atoms with van der Waals surface area (Å²) in [5.74, 6) is -0.602. The minimum Gasteiger partial charge on any atom is -0.392 e. The number of nitrogens with zero attached hydrogens (tertiary/aromatic N) is 5. The molecule has 0 aromatic carbocycles. The molecule has 0 spiro atoms. The molecular formula is C32H37FN8O4. The van der Waals surface area contributed by atoms with Crippen molar-refractivity contribution in [3.8, 4) is 11.1 Å². The van der Waals surface area contributed by atoms with Gasteiger partial charge < -0.3 is 29.6 Å². The Morgan fingerprint density at radius 3 is 2.84 bits per heavy atom. The first-order chi connectivity index (χ1) is 21.8. The molecular weight excluding hydrogens is 579 g/mol. The summed E-state index contributed by atoms with van der Waals surface area (Å²) < 4.78 is 24.1. The number of pyridine rings is 2. The van der Waals surface area contributed by atoms with Crippen molar-refractivity contribution >= 4 is 23.2 Å². The molecule has 1 aliphatic carbocycles. The molecule has 6 heterocycles. The van der Waals surface area contributed by atoms with Crippen LogP contribution >= 0.6 is 0 Å². The quantitative estimate of drug-likeness (QED) is 0.244. The average Bonchev–Trinajstić information content (AvgIpc) is 3.30. The van der Waals surface area contributed by atoms with Crippen molar-refractivity contribution < 1.29 is 19.0 Å². The number of aliphatic hydroxyl groups is 1. The van der Waals surface area contributed by atoms with E-state index in [-0.39, 0.29) is 28.6 Å². The lowest BCUT2D eigenvalue weighted by Gasteiger charge is -2.40. The number of hydrogen-bond acceptors (Lipinski definition) is 8. The number of aryl methyl sites for hydroxylation is 1. The van der Waals surface area contributed by atoms with Gasteiger partial charge in [0.1, 0.15) is 23.0 Å². The van der Waals surface area contributed by atoms with E-state index < -0.39 is 18.3 Å². The van der Waals surface area contributed by atoms with Crippen molar-refractivity contribution in [3.05, 3.63) is 75.0 Å². The van der Waals surface area contributed by atoms with Crippen molar-refractivity contribution in [2.24, 2.45) is 7.05 Å². The number of rotatable bonds is 6. The second-order valence-electron chi connectivity index (χ2n) is 12.1. The van der Waals surface area contributed by atoms with E-state index in [2.05, 4.69) is 20.5 Å². The van der Waals surface area contributed by atoms with Crippen molar-refractivity contribution in [3.63, 3.8) is 0 Å². The molecule has 236 valence electrons. The Morgan fingerprint density at radius 2 is 2.07 bits per heavy atom.